The van der Waals surface area contributed by atoms with Crippen molar-refractivity contribution in [2.75, 3.05) is 6.61 Å². The number of hydrogen-bond acceptors (Lipinski definition) is 2. The summed E-state index contributed by atoms with van der Waals surface area (Å²) in [6.45, 7) is 0.0880. The summed E-state index contributed by atoms with van der Waals surface area (Å²) in [7, 11) is 0. The first-order valence-electron chi connectivity index (χ1n) is 3.23. The van der Waals surface area contributed by atoms with Gasteiger partial charge in [0.05, 0.1) is 5.02 Å². The van der Waals surface area contributed by atoms with Gasteiger partial charge in [0.15, 0.2) is 11.8 Å². The summed E-state index contributed by atoms with van der Waals surface area (Å²) in [6.07, 6.45) is 4.99. The fraction of sp³-hybridized carbons (Fsp3) is 0.125. The molecule has 0 radical (unpaired) electrons. The summed E-state index contributed by atoms with van der Waals surface area (Å²) in [5.74, 6) is 2.47. The van der Waals surface area contributed by atoms with Gasteiger partial charge in [-0.15, -0.1) is 6.42 Å². The Morgan fingerprint density at radius 1 is 1.38 bits per heavy atom. The molecule has 1 rings (SSSR count). The van der Waals surface area contributed by atoms with E-state index >= 15 is 0 Å². The first-order valence-corrected chi connectivity index (χ1v) is 4.36. The van der Waals surface area contributed by atoms with Crippen LogP contribution in [0.1, 0.15) is 0 Å². The molecule has 0 spiro atoms. The number of ether oxygens (including phenoxy) is 1. The van der Waals surface area contributed by atoms with Crippen molar-refractivity contribution in [1.29, 1.82) is 0 Å². The fourth-order valence-electron chi connectivity index (χ4n) is 0.640. The van der Waals surface area contributed by atoms with E-state index in [4.69, 9.17) is 46.0 Å². The minimum atomic E-state index is 0.0880. The lowest BCUT2D eigenvalue weighted by Crippen LogP contribution is -1.97. The summed E-state index contributed by atoms with van der Waals surface area (Å²) < 4.78 is 5.00. The second-order valence-corrected chi connectivity index (χ2v) is 3.21. The van der Waals surface area contributed by atoms with Crippen molar-refractivity contribution in [2.24, 2.45) is 0 Å². The Morgan fingerprint density at radius 3 is 2.69 bits per heavy atom. The van der Waals surface area contributed by atoms with Crippen LogP contribution in [0.15, 0.2) is 6.07 Å². The zero-order chi connectivity index (χ0) is 9.84. The molecule has 1 aromatic rings. The van der Waals surface area contributed by atoms with Crippen LogP contribution < -0.4 is 4.74 Å². The van der Waals surface area contributed by atoms with E-state index in [0.29, 0.717) is 0 Å². The van der Waals surface area contributed by atoms with E-state index in [-0.39, 0.29) is 27.7 Å². The molecule has 0 N–H and O–H groups in total. The highest BCUT2D eigenvalue weighted by molar-refractivity contribution is 6.42. The topological polar surface area (TPSA) is 22.1 Å². The molecule has 0 aliphatic heterocycles. The third kappa shape index (κ3) is 2.67. The zero-order valence-corrected chi connectivity index (χ0v) is 8.62. The smallest absolute Gasteiger partial charge is 0.235 e. The molecule has 0 saturated heterocycles. The molecular formula is C8H4Cl3NO. The number of terminal acetylenes is 1. The van der Waals surface area contributed by atoms with Crippen LogP contribution in [0.2, 0.25) is 15.2 Å². The van der Waals surface area contributed by atoms with E-state index in [9.17, 15) is 0 Å². The average Bonchev–Trinajstić information content (AvgIpc) is 2.09. The highest BCUT2D eigenvalue weighted by Gasteiger charge is 2.07. The summed E-state index contributed by atoms with van der Waals surface area (Å²) in [5.41, 5.74) is 0. The second-order valence-electron chi connectivity index (χ2n) is 2.04. The van der Waals surface area contributed by atoms with Gasteiger partial charge in [-0.25, -0.2) is 0 Å². The third-order valence-electron chi connectivity index (χ3n) is 1.15. The molecule has 0 bridgehead atoms. The zero-order valence-electron chi connectivity index (χ0n) is 6.35. The molecule has 0 aliphatic rings. The van der Waals surface area contributed by atoms with Gasteiger partial charge in [-0.2, -0.15) is 4.98 Å². The maximum absolute atomic E-state index is 5.74. The second kappa shape index (κ2) is 4.57. The Labute approximate surface area is 90.8 Å². The van der Waals surface area contributed by atoms with Gasteiger partial charge in [0.2, 0.25) is 5.88 Å². The van der Waals surface area contributed by atoms with Crippen molar-refractivity contribution >= 4 is 34.8 Å². The van der Waals surface area contributed by atoms with Crippen LogP contribution in [0.4, 0.5) is 0 Å². The molecule has 0 saturated carbocycles. The molecule has 5 heteroatoms. The maximum Gasteiger partial charge on any atom is 0.235 e. The average molecular weight is 236 g/mol. The van der Waals surface area contributed by atoms with Crippen molar-refractivity contribution in [3.05, 3.63) is 21.3 Å². The van der Waals surface area contributed by atoms with Crippen molar-refractivity contribution in [3.63, 3.8) is 0 Å². The van der Waals surface area contributed by atoms with Gasteiger partial charge in [0.1, 0.15) is 5.02 Å². The van der Waals surface area contributed by atoms with Gasteiger partial charge in [0.25, 0.3) is 0 Å². The van der Waals surface area contributed by atoms with E-state index in [1.807, 2.05) is 0 Å². The summed E-state index contributed by atoms with van der Waals surface area (Å²) in [4.78, 5) is 3.79. The Kier molecular flexibility index (Phi) is 3.68. The number of hydrogen-bond donors (Lipinski definition) is 0. The summed E-state index contributed by atoms with van der Waals surface area (Å²) >= 11 is 17.0. The molecular weight excluding hydrogens is 232 g/mol. The van der Waals surface area contributed by atoms with Crippen LogP contribution in [0.5, 0.6) is 5.88 Å². The van der Waals surface area contributed by atoms with Crippen molar-refractivity contribution < 1.29 is 4.74 Å². The van der Waals surface area contributed by atoms with Crippen LogP contribution in [-0.4, -0.2) is 11.6 Å². The maximum atomic E-state index is 5.74. The molecule has 0 unspecified atom stereocenters. The van der Waals surface area contributed by atoms with E-state index in [2.05, 4.69) is 10.9 Å². The Balaban J connectivity index is 2.96. The SMILES string of the molecule is C#CCOc1nc(Cl)c(Cl)cc1Cl. The van der Waals surface area contributed by atoms with Crippen LogP contribution in [-0.2, 0) is 0 Å². The first kappa shape index (κ1) is 10.5. The minimum Gasteiger partial charge on any atom is -0.463 e. The highest BCUT2D eigenvalue weighted by Crippen LogP contribution is 2.30. The predicted molar refractivity (Wildman–Crippen MR) is 53.6 cm³/mol. The van der Waals surface area contributed by atoms with Gasteiger partial charge in [-0.1, -0.05) is 40.7 Å². The van der Waals surface area contributed by atoms with Crippen LogP contribution in [0.3, 0.4) is 0 Å². The van der Waals surface area contributed by atoms with E-state index in [1.165, 1.54) is 6.07 Å². The number of nitrogens with zero attached hydrogens (tertiary/aromatic N) is 1. The summed E-state index contributed by atoms with van der Waals surface area (Å²) in [5, 5.41) is 0.697. The molecule has 13 heavy (non-hydrogen) atoms. The molecule has 0 fully saturated rings. The van der Waals surface area contributed by atoms with Crippen molar-refractivity contribution in [3.8, 4) is 18.2 Å². The molecule has 1 aromatic heterocycles. The Bertz CT molecular complexity index is 359. The highest BCUT2D eigenvalue weighted by atomic mass is 35.5. The normalized spacial score (nSPS) is 9.38. The monoisotopic (exact) mass is 235 g/mol. The van der Waals surface area contributed by atoms with Crippen LogP contribution >= 0.6 is 34.8 Å². The van der Waals surface area contributed by atoms with E-state index in [1.54, 1.807) is 0 Å². The van der Waals surface area contributed by atoms with Crippen LogP contribution in [0, 0.1) is 12.3 Å². The molecule has 1 heterocycles. The van der Waals surface area contributed by atoms with Crippen molar-refractivity contribution in [1.82, 2.24) is 4.98 Å². The molecule has 0 amide bonds. The lowest BCUT2D eigenvalue weighted by molar-refractivity contribution is 0.356. The molecule has 2 nitrogen and oxygen atoms in total. The Hall–Kier alpha value is -0.620. The third-order valence-corrected chi connectivity index (χ3v) is 2.09. The first-order chi connectivity index (χ1) is 6.15. The predicted octanol–water partition coefficient (Wildman–Crippen LogP) is 3.05. The number of rotatable bonds is 2. The molecule has 0 aromatic carbocycles. The minimum absolute atomic E-state index is 0.0880. The van der Waals surface area contributed by atoms with Gasteiger partial charge in [-0.3, -0.25) is 0 Å². The molecule has 68 valence electrons. The number of pyridine rings is 1. The lowest BCUT2D eigenvalue weighted by atomic mass is 10.5. The van der Waals surface area contributed by atoms with Crippen LogP contribution in [0.25, 0.3) is 0 Å². The number of aromatic nitrogens is 1. The quantitative estimate of drug-likeness (QED) is 0.582. The molecule has 0 aliphatic carbocycles. The van der Waals surface area contributed by atoms with Gasteiger partial charge < -0.3 is 4.74 Å². The number of halogens is 3. The standard InChI is InChI=1S/C8H4Cl3NO/c1-2-3-13-8-6(10)4-5(9)7(11)12-8/h1,4H,3H2. The van der Waals surface area contributed by atoms with Gasteiger partial charge in [0, 0.05) is 0 Å². The van der Waals surface area contributed by atoms with Gasteiger partial charge >= 0.3 is 0 Å². The fourth-order valence-corrected chi connectivity index (χ4v) is 1.18. The van der Waals surface area contributed by atoms with Gasteiger partial charge in [-0.05, 0) is 6.07 Å². The van der Waals surface area contributed by atoms with E-state index in [0.717, 1.165) is 0 Å². The summed E-state index contributed by atoms with van der Waals surface area (Å²) in [6, 6.07) is 1.45. The lowest BCUT2D eigenvalue weighted by Gasteiger charge is -2.04. The Morgan fingerprint density at radius 2 is 2.08 bits per heavy atom. The largest absolute Gasteiger partial charge is 0.463 e. The van der Waals surface area contributed by atoms with Crippen molar-refractivity contribution in [2.45, 2.75) is 0 Å². The molecule has 0 atom stereocenters. The van der Waals surface area contributed by atoms with E-state index < -0.39 is 0 Å².